The summed E-state index contributed by atoms with van der Waals surface area (Å²) in [6.07, 6.45) is 0. The van der Waals surface area contributed by atoms with Gasteiger partial charge in [-0.3, -0.25) is 9.10 Å². The maximum absolute atomic E-state index is 12.6. The molecular formula is C17H19NO3S. The molecule has 4 nitrogen and oxygen atoms in total. The fraction of sp³-hybridized carbons (Fsp3) is 0.235. The molecule has 0 radical (unpaired) electrons. The summed E-state index contributed by atoms with van der Waals surface area (Å²) < 4.78 is 26.4. The highest BCUT2D eigenvalue weighted by atomic mass is 32.2. The van der Waals surface area contributed by atoms with Crippen LogP contribution in [0.25, 0.3) is 0 Å². The maximum Gasteiger partial charge on any atom is 0.264 e. The molecule has 0 aliphatic rings. The number of carbonyl (C=O) groups excluding carboxylic acids is 1. The first-order valence-corrected chi connectivity index (χ1v) is 8.46. The largest absolute Gasteiger partial charge is 0.294 e. The summed E-state index contributed by atoms with van der Waals surface area (Å²) in [7, 11) is -2.12. The first-order chi connectivity index (χ1) is 10.3. The van der Waals surface area contributed by atoms with Crippen LogP contribution in [0.15, 0.2) is 59.5 Å². The van der Waals surface area contributed by atoms with Gasteiger partial charge in [0.15, 0.2) is 5.78 Å². The molecule has 2 rings (SSSR count). The Morgan fingerprint density at radius 1 is 0.955 bits per heavy atom. The Labute approximate surface area is 131 Å². The molecule has 0 saturated carbocycles. The molecule has 116 valence electrons. The topological polar surface area (TPSA) is 54.5 Å². The van der Waals surface area contributed by atoms with Gasteiger partial charge in [-0.25, -0.2) is 8.42 Å². The van der Waals surface area contributed by atoms with Crippen molar-refractivity contribution in [1.82, 2.24) is 0 Å². The average Bonchev–Trinajstić information content (AvgIpc) is 2.54. The molecule has 0 fully saturated rings. The Balaban J connectivity index is 2.32. The molecule has 2 aromatic carbocycles. The molecule has 5 heteroatoms. The van der Waals surface area contributed by atoms with E-state index in [-0.39, 0.29) is 16.6 Å². The highest BCUT2D eigenvalue weighted by Crippen LogP contribution is 2.22. The Hall–Kier alpha value is -2.14. The van der Waals surface area contributed by atoms with Gasteiger partial charge in [0.25, 0.3) is 10.0 Å². The Morgan fingerprint density at radius 2 is 1.50 bits per heavy atom. The van der Waals surface area contributed by atoms with Crippen LogP contribution in [0.3, 0.4) is 0 Å². The van der Waals surface area contributed by atoms with E-state index in [0.717, 1.165) is 0 Å². The van der Waals surface area contributed by atoms with Crippen molar-refractivity contribution in [3.05, 3.63) is 60.2 Å². The van der Waals surface area contributed by atoms with E-state index in [4.69, 9.17) is 0 Å². The second kappa shape index (κ2) is 6.32. The molecule has 0 aliphatic carbocycles. The lowest BCUT2D eigenvalue weighted by molar-refractivity contribution is 0.0939. The summed E-state index contributed by atoms with van der Waals surface area (Å²) in [5.41, 5.74) is 1.11. The number of Topliss-reactive ketones (excluding diaryl/α,β-unsaturated/α-hetero) is 1. The minimum Gasteiger partial charge on any atom is -0.294 e. The van der Waals surface area contributed by atoms with Gasteiger partial charge in [-0.15, -0.1) is 0 Å². The van der Waals surface area contributed by atoms with Gasteiger partial charge in [0.05, 0.1) is 10.6 Å². The SMILES string of the molecule is CC(C)C(=O)c1ccc(S(=O)(=O)N(C)c2ccccc2)cc1. The Kier molecular flexibility index (Phi) is 4.66. The zero-order chi connectivity index (χ0) is 16.3. The van der Waals surface area contributed by atoms with Gasteiger partial charge in [0.2, 0.25) is 0 Å². The zero-order valence-electron chi connectivity index (χ0n) is 12.9. The number of ketones is 1. The van der Waals surface area contributed by atoms with E-state index < -0.39 is 10.0 Å². The monoisotopic (exact) mass is 317 g/mol. The van der Waals surface area contributed by atoms with Crippen LogP contribution in [0.5, 0.6) is 0 Å². The number of anilines is 1. The predicted octanol–water partition coefficient (Wildman–Crippen LogP) is 3.35. The summed E-state index contributed by atoms with van der Waals surface area (Å²) in [6, 6.07) is 14.9. The summed E-state index contributed by atoms with van der Waals surface area (Å²) in [5.74, 6) is -0.116. The summed E-state index contributed by atoms with van der Waals surface area (Å²) in [6.45, 7) is 3.63. The van der Waals surface area contributed by atoms with E-state index in [0.29, 0.717) is 11.3 Å². The summed E-state index contributed by atoms with van der Waals surface area (Å²) in [4.78, 5) is 12.1. The highest BCUT2D eigenvalue weighted by Gasteiger charge is 2.21. The number of rotatable bonds is 5. The van der Waals surface area contributed by atoms with Crippen LogP contribution < -0.4 is 4.31 Å². The molecule has 0 bridgehead atoms. The van der Waals surface area contributed by atoms with Crippen molar-refractivity contribution in [2.24, 2.45) is 5.92 Å². The lowest BCUT2D eigenvalue weighted by Gasteiger charge is -2.19. The molecule has 0 heterocycles. The number of sulfonamides is 1. The average molecular weight is 317 g/mol. The van der Waals surface area contributed by atoms with Gasteiger partial charge in [0, 0.05) is 18.5 Å². The Morgan fingerprint density at radius 3 is 2.00 bits per heavy atom. The van der Waals surface area contributed by atoms with Crippen molar-refractivity contribution in [2.45, 2.75) is 18.7 Å². The smallest absolute Gasteiger partial charge is 0.264 e. The number of hydrogen-bond donors (Lipinski definition) is 0. The van der Waals surface area contributed by atoms with Gasteiger partial charge in [-0.2, -0.15) is 0 Å². The van der Waals surface area contributed by atoms with Crippen LogP contribution in [0.4, 0.5) is 5.69 Å². The molecule has 0 amide bonds. The third-order valence-corrected chi connectivity index (χ3v) is 5.24. The minimum absolute atomic E-state index is 0.000335. The number of nitrogens with zero attached hydrogens (tertiary/aromatic N) is 1. The van der Waals surface area contributed by atoms with E-state index in [1.807, 2.05) is 19.9 Å². The van der Waals surface area contributed by atoms with E-state index in [1.54, 1.807) is 36.4 Å². The van der Waals surface area contributed by atoms with Gasteiger partial charge in [-0.1, -0.05) is 44.2 Å². The third kappa shape index (κ3) is 3.20. The molecule has 0 aromatic heterocycles. The van der Waals surface area contributed by atoms with Crippen molar-refractivity contribution in [3.8, 4) is 0 Å². The Bertz CT molecular complexity index is 750. The van der Waals surface area contributed by atoms with Crippen molar-refractivity contribution in [2.75, 3.05) is 11.4 Å². The van der Waals surface area contributed by atoms with E-state index >= 15 is 0 Å². The predicted molar refractivity (Wildman–Crippen MR) is 87.6 cm³/mol. The molecule has 0 aliphatic heterocycles. The van der Waals surface area contributed by atoms with Crippen molar-refractivity contribution >= 4 is 21.5 Å². The van der Waals surface area contributed by atoms with Gasteiger partial charge in [0.1, 0.15) is 0 Å². The summed E-state index contributed by atoms with van der Waals surface area (Å²) in [5, 5.41) is 0. The van der Waals surface area contributed by atoms with Gasteiger partial charge in [-0.05, 0) is 24.3 Å². The molecule has 0 atom stereocenters. The van der Waals surface area contributed by atoms with Crippen LogP contribution in [0, 0.1) is 5.92 Å². The number of benzene rings is 2. The molecule has 0 unspecified atom stereocenters. The van der Waals surface area contributed by atoms with Crippen LogP contribution in [0.1, 0.15) is 24.2 Å². The standard InChI is InChI=1S/C17H19NO3S/c1-13(2)17(19)14-9-11-16(12-10-14)22(20,21)18(3)15-7-5-4-6-8-15/h4-13H,1-3H3. The molecule has 0 saturated heterocycles. The molecular weight excluding hydrogens is 298 g/mol. The van der Waals surface area contributed by atoms with Crippen LogP contribution >= 0.6 is 0 Å². The fourth-order valence-corrected chi connectivity index (χ4v) is 3.25. The normalized spacial score (nSPS) is 11.5. The van der Waals surface area contributed by atoms with E-state index in [1.165, 1.54) is 23.5 Å². The second-order valence-corrected chi connectivity index (χ2v) is 7.32. The van der Waals surface area contributed by atoms with E-state index in [9.17, 15) is 13.2 Å². The zero-order valence-corrected chi connectivity index (χ0v) is 13.7. The second-order valence-electron chi connectivity index (χ2n) is 5.35. The third-order valence-electron chi connectivity index (χ3n) is 3.44. The lowest BCUT2D eigenvalue weighted by atomic mass is 10.0. The number of para-hydroxylation sites is 1. The number of carbonyl (C=O) groups is 1. The number of hydrogen-bond acceptors (Lipinski definition) is 3. The minimum atomic E-state index is -3.63. The summed E-state index contributed by atoms with van der Waals surface area (Å²) >= 11 is 0. The van der Waals surface area contributed by atoms with Crippen molar-refractivity contribution in [3.63, 3.8) is 0 Å². The fourth-order valence-electron chi connectivity index (χ4n) is 2.06. The van der Waals surface area contributed by atoms with Gasteiger partial charge >= 0.3 is 0 Å². The van der Waals surface area contributed by atoms with Crippen molar-refractivity contribution < 1.29 is 13.2 Å². The van der Waals surface area contributed by atoms with Crippen LogP contribution in [-0.2, 0) is 10.0 Å². The molecule has 2 aromatic rings. The molecule has 0 N–H and O–H groups in total. The lowest BCUT2D eigenvalue weighted by Crippen LogP contribution is -2.26. The molecule has 22 heavy (non-hydrogen) atoms. The quantitative estimate of drug-likeness (QED) is 0.795. The maximum atomic E-state index is 12.6. The first-order valence-electron chi connectivity index (χ1n) is 7.02. The first kappa shape index (κ1) is 16.2. The van der Waals surface area contributed by atoms with Gasteiger partial charge < -0.3 is 0 Å². The van der Waals surface area contributed by atoms with Crippen LogP contribution in [0.2, 0.25) is 0 Å². The van der Waals surface area contributed by atoms with E-state index in [2.05, 4.69) is 0 Å². The van der Waals surface area contributed by atoms with Crippen LogP contribution in [-0.4, -0.2) is 21.2 Å². The highest BCUT2D eigenvalue weighted by molar-refractivity contribution is 7.92. The van der Waals surface area contributed by atoms with Crippen molar-refractivity contribution in [1.29, 1.82) is 0 Å². The molecule has 0 spiro atoms.